The van der Waals surface area contributed by atoms with Gasteiger partial charge in [0.05, 0.1) is 19.8 Å². The smallest absolute Gasteiger partial charge is 0.131 e. The van der Waals surface area contributed by atoms with Gasteiger partial charge in [-0.25, -0.2) is 0 Å². The highest BCUT2D eigenvalue weighted by molar-refractivity contribution is 5.50. The second kappa shape index (κ2) is 7.01. The monoisotopic (exact) mass is 239 g/mol. The van der Waals surface area contributed by atoms with Crippen LogP contribution < -0.4 is 19.9 Å². The highest BCUT2D eigenvalue weighted by Gasteiger charge is 2.12. The van der Waals surface area contributed by atoms with Gasteiger partial charge in [-0.15, -0.1) is 0 Å². The average molecular weight is 239 g/mol. The van der Waals surface area contributed by atoms with E-state index in [2.05, 4.69) is 0 Å². The largest absolute Gasteiger partial charge is 0.494 e. The lowest BCUT2D eigenvalue weighted by atomic mass is 10.1. The van der Waals surface area contributed by atoms with Gasteiger partial charge in [-0.3, -0.25) is 0 Å². The van der Waals surface area contributed by atoms with Crippen LogP contribution in [-0.4, -0.2) is 19.8 Å². The molecule has 0 amide bonds. The highest BCUT2D eigenvalue weighted by atomic mass is 16.5. The van der Waals surface area contributed by atoms with Crippen molar-refractivity contribution in [3.8, 4) is 17.2 Å². The third kappa shape index (κ3) is 3.53. The Morgan fingerprint density at radius 1 is 0.882 bits per heavy atom. The molecular formula is C13H21NO3. The van der Waals surface area contributed by atoms with Crippen LogP contribution >= 0.6 is 0 Å². The lowest BCUT2D eigenvalue weighted by molar-refractivity contribution is 0.302. The minimum atomic E-state index is 0.386. The van der Waals surface area contributed by atoms with Gasteiger partial charge in [-0.2, -0.15) is 0 Å². The van der Waals surface area contributed by atoms with E-state index in [0.29, 0.717) is 26.4 Å². The second-order valence-electron chi connectivity index (χ2n) is 3.40. The summed E-state index contributed by atoms with van der Waals surface area (Å²) in [7, 11) is 0. The van der Waals surface area contributed by atoms with E-state index in [9.17, 15) is 0 Å². The first kappa shape index (κ1) is 13.6. The maximum atomic E-state index is 5.74. The molecule has 4 nitrogen and oxygen atoms in total. The Morgan fingerprint density at radius 3 is 1.71 bits per heavy atom. The maximum Gasteiger partial charge on any atom is 0.131 e. The molecule has 0 aromatic heterocycles. The molecule has 96 valence electrons. The summed E-state index contributed by atoms with van der Waals surface area (Å²) in [5.74, 6) is 2.23. The highest BCUT2D eigenvalue weighted by Crippen LogP contribution is 2.34. The van der Waals surface area contributed by atoms with Crippen molar-refractivity contribution in [1.82, 2.24) is 0 Å². The van der Waals surface area contributed by atoms with Gasteiger partial charge in [-0.1, -0.05) is 0 Å². The zero-order valence-electron chi connectivity index (χ0n) is 10.8. The first-order chi connectivity index (χ1) is 8.26. The molecule has 4 heteroatoms. The summed E-state index contributed by atoms with van der Waals surface area (Å²) in [6.07, 6.45) is 0. The van der Waals surface area contributed by atoms with Crippen molar-refractivity contribution in [2.75, 3.05) is 19.8 Å². The van der Waals surface area contributed by atoms with E-state index in [-0.39, 0.29) is 0 Å². The van der Waals surface area contributed by atoms with Crippen molar-refractivity contribution >= 4 is 0 Å². The number of rotatable bonds is 7. The quantitative estimate of drug-likeness (QED) is 0.793. The van der Waals surface area contributed by atoms with E-state index < -0.39 is 0 Å². The summed E-state index contributed by atoms with van der Waals surface area (Å²) in [6.45, 7) is 8.00. The molecule has 0 saturated carbocycles. The predicted octanol–water partition coefficient (Wildman–Crippen LogP) is 2.34. The summed E-state index contributed by atoms with van der Waals surface area (Å²) in [5.41, 5.74) is 6.62. The van der Waals surface area contributed by atoms with Gasteiger partial charge in [0.2, 0.25) is 0 Å². The molecule has 0 unspecified atom stereocenters. The molecule has 0 bridgehead atoms. The number of nitrogens with two attached hydrogens (primary N) is 1. The van der Waals surface area contributed by atoms with Gasteiger partial charge < -0.3 is 19.9 Å². The number of hydrogen-bond acceptors (Lipinski definition) is 4. The number of hydrogen-bond donors (Lipinski definition) is 1. The average Bonchev–Trinajstić information content (AvgIpc) is 2.30. The molecule has 1 aromatic rings. The van der Waals surface area contributed by atoms with Crippen LogP contribution in [0.25, 0.3) is 0 Å². The van der Waals surface area contributed by atoms with E-state index in [1.54, 1.807) is 0 Å². The molecule has 0 radical (unpaired) electrons. The van der Waals surface area contributed by atoms with Gasteiger partial charge in [0.25, 0.3) is 0 Å². The molecule has 17 heavy (non-hydrogen) atoms. The van der Waals surface area contributed by atoms with Crippen LogP contribution in [0.2, 0.25) is 0 Å². The zero-order chi connectivity index (χ0) is 12.7. The minimum absolute atomic E-state index is 0.386. The Morgan fingerprint density at radius 2 is 1.35 bits per heavy atom. The zero-order valence-corrected chi connectivity index (χ0v) is 10.8. The molecular weight excluding hydrogens is 218 g/mol. The Bertz CT molecular complexity index is 326. The van der Waals surface area contributed by atoms with Crippen LogP contribution in [0.3, 0.4) is 0 Å². The van der Waals surface area contributed by atoms with Crippen LogP contribution in [0.5, 0.6) is 17.2 Å². The third-order valence-corrected chi connectivity index (χ3v) is 2.26. The fourth-order valence-corrected chi connectivity index (χ4v) is 1.62. The maximum absolute atomic E-state index is 5.74. The van der Waals surface area contributed by atoms with Gasteiger partial charge >= 0.3 is 0 Å². The Kier molecular flexibility index (Phi) is 5.63. The van der Waals surface area contributed by atoms with Crippen molar-refractivity contribution < 1.29 is 14.2 Å². The molecule has 0 spiro atoms. The van der Waals surface area contributed by atoms with E-state index in [1.807, 2.05) is 32.9 Å². The van der Waals surface area contributed by atoms with Crippen molar-refractivity contribution in [2.24, 2.45) is 5.73 Å². The molecule has 0 fully saturated rings. The molecule has 0 atom stereocenters. The second-order valence-corrected chi connectivity index (χ2v) is 3.40. The number of benzene rings is 1. The molecule has 0 aliphatic carbocycles. The van der Waals surface area contributed by atoms with E-state index >= 15 is 0 Å². The van der Waals surface area contributed by atoms with Crippen LogP contribution in [-0.2, 0) is 6.54 Å². The molecule has 0 heterocycles. The van der Waals surface area contributed by atoms with Crippen molar-refractivity contribution in [2.45, 2.75) is 27.3 Å². The van der Waals surface area contributed by atoms with Gasteiger partial charge in [0.15, 0.2) is 0 Å². The van der Waals surface area contributed by atoms with E-state index in [4.69, 9.17) is 19.9 Å². The SMILES string of the molecule is CCOc1cc(OCC)c(CN)c(OCC)c1. The molecule has 1 rings (SSSR count). The lowest BCUT2D eigenvalue weighted by Gasteiger charge is -2.16. The molecule has 2 N–H and O–H groups in total. The molecule has 0 aliphatic heterocycles. The Hall–Kier alpha value is -1.42. The standard InChI is InChI=1S/C13H21NO3/c1-4-15-10-7-12(16-5-2)11(9-14)13(8-10)17-6-3/h7-8H,4-6,9,14H2,1-3H3. The fourth-order valence-electron chi connectivity index (χ4n) is 1.62. The first-order valence-electron chi connectivity index (χ1n) is 6.02. The minimum Gasteiger partial charge on any atom is -0.494 e. The summed E-state index contributed by atoms with van der Waals surface area (Å²) < 4.78 is 16.6. The molecule has 1 aromatic carbocycles. The number of ether oxygens (including phenoxy) is 3. The van der Waals surface area contributed by atoms with E-state index in [0.717, 1.165) is 22.8 Å². The van der Waals surface area contributed by atoms with Crippen LogP contribution in [0.15, 0.2) is 12.1 Å². The lowest BCUT2D eigenvalue weighted by Crippen LogP contribution is -2.07. The van der Waals surface area contributed by atoms with Crippen molar-refractivity contribution in [3.63, 3.8) is 0 Å². The van der Waals surface area contributed by atoms with Gasteiger partial charge in [0.1, 0.15) is 17.2 Å². The molecule has 0 aliphatic rings. The van der Waals surface area contributed by atoms with Crippen molar-refractivity contribution in [1.29, 1.82) is 0 Å². The van der Waals surface area contributed by atoms with Gasteiger partial charge in [0, 0.05) is 24.2 Å². The van der Waals surface area contributed by atoms with E-state index in [1.165, 1.54) is 0 Å². The fraction of sp³-hybridized carbons (Fsp3) is 0.538. The predicted molar refractivity (Wildman–Crippen MR) is 67.8 cm³/mol. The van der Waals surface area contributed by atoms with Gasteiger partial charge in [-0.05, 0) is 20.8 Å². The Labute approximate surface area is 103 Å². The summed E-state index contributed by atoms with van der Waals surface area (Å²) in [5, 5.41) is 0. The Balaban J connectivity index is 3.14. The summed E-state index contributed by atoms with van der Waals surface area (Å²) in [4.78, 5) is 0. The normalized spacial score (nSPS) is 10.1. The molecule has 0 saturated heterocycles. The van der Waals surface area contributed by atoms with Crippen LogP contribution in [0.1, 0.15) is 26.3 Å². The third-order valence-electron chi connectivity index (χ3n) is 2.26. The van der Waals surface area contributed by atoms with Crippen LogP contribution in [0.4, 0.5) is 0 Å². The van der Waals surface area contributed by atoms with Crippen LogP contribution in [0, 0.1) is 0 Å². The summed E-state index contributed by atoms with van der Waals surface area (Å²) in [6, 6.07) is 3.72. The summed E-state index contributed by atoms with van der Waals surface area (Å²) >= 11 is 0. The first-order valence-corrected chi connectivity index (χ1v) is 6.02. The van der Waals surface area contributed by atoms with Crippen molar-refractivity contribution in [3.05, 3.63) is 17.7 Å². The topological polar surface area (TPSA) is 53.7 Å².